The van der Waals surface area contributed by atoms with E-state index in [2.05, 4.69) is 18.7 Å². The summed E-state index contributed by atoms with van der Waals surface area (Å²) in [7, 11) is 0. The van der Waals surface area contributed by atoms with Crippen LogP contribution in [0, 0.1) is 11.3 Å². The van der Waals surface area contributed by atoms with Crippen molar-refractivity contribution in [1.82, 2.24) is 0 Å². The molecule has 1 aromatic rings. The first kappa shape index (κ1) is 10.8. The number of hydrogen-bond donors (Lipinski definition) is 1. The van der Waals surface area contributed by atoms with Gasteiger partial charge in [0.15, 0.2) is 0 Å². The van der Waals surface area contributed by atoms with Crippen LogP contribution in [0.4, 0.5) is 0 Å². The molecule has 0 aliphatic heterocycles. The third-order valence-electron chi connectivity index (χ3n) is 2.03. The van der Waals surface area contributed by atoms with E-state index in [9.17, 15) is 4.79 Å². The topological polar surface area (TPSA) is 40.9 Å². The molecule has 0 atom stereocenters. The summed E-state index contributed by atoms with van der Waals surface area (Å²) in [6.07, 6.45) is 0. The number of rotatable bonds is 2. The van der Waals surface area contributed by atoms with Crippen LogP contribution in [0.15, 0.2) is 18.2 Å². The van der Waals surface area contributed by atoms with Crippen LogP contribution in [0.1, 0.15) is 41.3 Å². The highest BCUT2D eigenvalue weighted by Crippen LogP contribution is 2.24. The molecule has 1 aromatic carbocycles. The Morgan fingerprint density at radius 2 is 2.14 bits per heavy atom. The lowest BCUT2D eigenvalue weighted by atomic mass is 9.93. The summed E-state index contributed by atoms with van der Waals surface area (Å²) in [6, 6.07) is 7.21. The maximum absolute atomic E-state index is 11.2. The number of thiol groups is 1. The fourth-order valence-corrected chi connectivity index (χ4v) is 1.67. The highest BCUT2D eigenvalue weighted by atomic mass is 32.1. The van der Waals surface area contributed by atoms with Crippen LogP contribution >= 0.6 is 12.6 Å². The van der Waals surface area contributed by atoms with Crippen molar-refractivity contribution in [1.29, 1.82) is 5.26 Å². The zero-order chi connectivity index (χ0) is 10.7. The van der Waals surface area contributed by atoms with Crippen LogP contribution in [0.2, 0.25) is 0 Å². The molecule has 0 spiro atoms. The molecule has 72 valence electrons. The molecule has 0 aliphatic rings. The fourth-order valence-electron chi connectivity index (χ4n) is 1.47. The predicted octanol–water partition coefficient (Wildman–Crippen LogP) is 2.75. The summed E-state index contributed by atoms with van der Waals surface area (Å²) < 4.78 is 0. The minimum absolute atomic E-state index is 0.150. The Hall–Kier alpha value is -1.27. The second kappa shape index (κ2) is 4.30. The fraction of sp³-hybridized carbons (Fsp3) is 0.273. The van der Waals surface area contributed by atoms with Crippen LogP contribution in [0.25, 0.3) is 0 Å². The Kier molecular flexibility index (Phi) is 3.32. The minimum atomic E-state index is -0.286. The highest BCUT2D eigenvalue weighted by molar-refractivity contribution is 7.97. The van der Waals surface area contributed by atoms with Gasteiger partial charge in [0.05, 0.1) is 11.6 Å². The van der Waals surface area contributed by atoms with Gasteiger partial charge in [0.2, 0.25) is 5.12 Å². The van der Waals surface area contributed by atoms with E-state index in [1.807, 2.05) is 13.8 Å². The van der Waals surface area contributed by atoms with Crippen molar-refractivity contribution < 1.29 is 4.79 Å². The van der Waals surface area contributed by atoms with E-state index in [1.165, 1.54) is 0 Å². The number of nitriles is 1. The van der Waals surface area contributed by atoms with E-state index in [0.29, 0.717) is 11.1 Å². The average Bonchev–Trinajstić information content (AvgIpc) is 2.16. The second-order valence-electron chi connectivity index (χ2n) is 3.34. The summed E-state index contributed by atoms with van der Waals surface area (Å²) in [4.78, 5) is 11.2. The standard InChI is InChI=1S/C11H11NOS/c1-7(2)10-8(6-12)4-3-5-9(10)11(13)14/h3-5,7H,1-2H3,(H,13,14). The Bertz CT molecular complexity index is 404. The third kappa shape index (κ3) is 1.97. The summed E-state index contributed by atoms with van der Waals surface area (Å²) >= 11 is 3.79. The number of carbonyl (C=O) groups is 1. The zero-order valence-corrected chi connectivity index (χ0v) is 9.01. The van der Waals surface area contributed by atoms with E-state index < -0.39 is 0 Å². The molecule has 3 heteroatoms. The Labute approximate surface area is 89.0 Å². The molecule has 14 heavy (non-hydrogen) atoms. The number of carbonyl (C=O) groups excluding carboxylic acids is 1. The van der Waals surface area contributed by atoms with Crippen LogP contribution in [-0.2, 0) is 0 Å². The zero-order valence-electron chi connectivity index (χ0n) is 8.11. The highest BCUT2D eigenvalue weighted by Gasteiger charge is 2.14. The first-order chi connectivity index (χ1) is 6.57. The lowest BCUT2D eigenvalue weighted by molar-refractivity contribution is 0.109. The van der Waals surface area contributed by atoms with Crippen molar-refractivity contribution >= 4 is 17.7 Å². The van der Waals surface area contributed by atoms with Crippen LogP contribution < -0.4 is 0 Å². The van der Waals surface area contributed by atoms with Gasteiger partial charge in [0.25, 0.3) is 0 Å². The first-order valence-electron chi connectivity index (χ1n) is 4.34. The number of nitrogens with zero attached hydrogens (tertiary/aromatic N) is 1. The van der Waals surface area contributed by atoms with E-state index in [4.69, 9.17) is 5.26 Å². The predicted molar refractivity (Wildman–Crippen MR) is 58.6 cm³/mol. The Morgan fingerprint density at radius 1 is 1.50 bits per heavy atom. The van der Waals surface area contributed by atoms with Crippen molar-refractivity contribution in [3.63, 3.8) is 0 Å². The van der Waals surface area contributed by atoms with Crippen molar-refractivity contribution in [3.05, 3.63) is 34.9 Å². The van der Waals surface area contributed by atoms with Gasteiger partial charge in [-0.2, -0.15) is 5.26 Å². The molecule has 0 radical (unpaired) electrons. The van der Waals surface area contributed by atoms with Gasteiger partial charge in [-0.1, -0.05) is 26.0 Å². The van der Waals surface area contributed by atoms with Crippen LogP contribution in [-0.4, -0.2) is 5.12 Å². The van der Waals surface area contributed by atoms with Gasteiger partial charge < -0.3 is 0 Å². The van der Waals surface area contributed by atoms with E-state index in [1.54, 1.807) is 18.2 Å². The van der Waals surface area contributed by atoms with Gasteiger partial charge >= 0.3 is 0 Å². The van der Waals surface area contributed by atoms with E-state index >= 15 is 0 Å². The molecular formula is C11H11NOS. The Balaban J connectivity index is 3.45. The molecule has 0 saturated heterocycles. The van der Waals surface area contributed by atoms with Gasteiger partial charge in [0.1, 0.15) is 0 Å². The molecule has 0 aliphatic carbocycles. The van der Waals surface area contributed by atoms with Crippen molar-refractivity contribution in [2.45, 2.75) is 19.8 Å². The maximum Gasteiger partial charge on any atom is 0.216 e. The molecule has 0 aromatic heterocycles. The number of hydrogen-bond acceptors (Lipinski definition) is 2. The summed E-state index contributed by atoms with van der Waals surface area (Å²) in [5, 5.41) is 8.60. The SMILES string of the molecule is CC(C)c1c(C#N)cccc1C(=O)S. The second-order valence-corrected chi connectivity index (χ2v) is 3.74. The lowest BCUT2D eigenvalue weighted by Gasteiger charge is -2.11. The van der Waals surface area contributed by atoms with Gasteiger partial charge in [-0.05, 0) is 17.5 Å². The molecule has 0 unspecified atom stereocenters. The molecule has 0 N–H and O–H groups in total. The number of benzene rings is 1. The monoisotopic (exact) mass is 205 g/mol. The largest absolute Gasteiger partial charge is 0.282 e. The molecule has 0 saturated carbocycles. The van der Waals surface area contributed by atoms with Crippen molar-refractivity contribution in [2.24, 2.45) is 0 Å². The van der Waals surface area contributed by atoms with Gasteiger partial charge in [-0.3, -0.25) is 4.79 Å². The summed E-state index contributed by atoms with van der Waals surface area (Å²) in [6.45, 7) is 3.91. The normalized spacial score (nSPS) is 9.93. The molecular weight excluding hydrogens is 194 g/mol. The molecule has 2 nitrogen and oxygen atoms in total. The lowest BCUT2D eigenvalue weighted by Crippen LogP contribution is -2.02. The maximum atomic E-state index is 11.2. The smallest absolute Gasteiger partial charge is 0.216 e. The van der Waals surface area contributed by atoms with E-state index in [0.717, 1.165) is 5.56 Å². The van der Waals surface area contributed by atoms with Crippen molar-refractivity contribution in [2.75, 3.05) is 0 Å². The van der Waals surface area contributed by atoms with Crippen LogP contribution in [0.3, 0.4) is 0 Å². The third-order valence-corrected chi connectivity index (χ3v) is 2.28. The van der Waals surface area contributed by atoms with Gasteiger partial charge in [0, 0.05) is 5.56 Å². The van der Waals surface area contributed by atoms with Crippen molar-refractivity contribution in [3.8, 4) is 6.07 Å². The van der Waals surface area contributed by atoms with Crippen LogP contribution in [0.5, 0.6) is 0 Å². The quantitative estimate of drug-likeness (QED) is 0.754. The first-order valence-corrected chi connectivity index (χ1v) is 4.79. The van der Waals surface area contributed by atoms with Gasteiger partial charge in [-0.25, -0.2) is 0 Å². The minimum Gasteiger partial charge on any atom is -0.282 e. The molecule has 1 rings (SSSR count). The van der Waals surface area contributed by atoms with Gasteiger partial charge in [-0.15, -0.1) is 12.6 Å². The molecule has 0 heterocycles. The Morgan fingerprint density at radius 3 is 2.57 bits per heavy atom. The van der Waals surface area contributed by atoms with E-state index in [-0.39, 0.29) is 11.0 Å². The molecule has 0 amide bonds. The summed E-state index contributed by atoms with van der Waals surface area (Å²) in [5.41, 5.74) is 1.87. The molecule has 0 fully saturated rings. The summed E-state index contributed by atoms with van der Waals surface area (Å²) in [5.74, 6) is 0.150. The average molecular weight is 205 g/mol. The molecule has 0 bridgehead atoms.